The minimum Gasteiger partial charge on any atom is -0.490 e. The molecule has 38 heavy (non-hydrogen) atoms. The lowest BCUT2D eigenvalue weighted by Gasteiger charge is -2.29. The fourth-order valence-electron chi connectivity index (χ4n) is 5.08. The van der Waals surface area contributed by atoms with Crippen molar-refractivity contribution in [1.82, 2.24) is 15.0 Å². The van der Waals surface area contributed by atoms with Crippen LogP contribution in [0.5, 0.6) is 5.75 Å². The number of H-pyrrole nitrogens is 1. The minimum absolute atomic E-state index is 0.131. The molecule has 0 amide bonds. The molecule has 0 bridgehead atoms. The number of morpholine rings is 1. The van der Waals surface area contributed by atoms with Gasteiger partial charge in [0.1, 0.15) is 29.6 Å². The standard InChI is InChI=1S/C29H30FN5O3/c1-31-17-21-14-20(3-5-27(21)38-22-6-10-36-11-7-22)28-23-16-25(34-29(23)33-18-32-28)19-2-4-26(24(30)15-19)35-8-12-37-13-9-35/h2-5,14-18,22H,6-13H2,1H3,(H,32,33,34). The van der Waals surface area contributed by atoms with Crippen LogP contribution < -0.4 is 9.64 Å². The van der Waals surface area contributed by atoms with Gasteiger partial charge in [-0.3, -0.25) is 4.99 Å². The molecular weight excluding hydrogens is 485 g/mol. The van der Waals surface area contributed by atoms with Crippen LogP contribution in [0.2, 0.25) is 0 Å². The number of hydrogen-bond donors (Lipinski definition) is 1. The number of benzene rings is 2. The maximum Gasteiger partial charge on any atom is 0.147 e. The SMILES string of the molecule is CN=Cc1cc(-c2ncnc3[nH]c(-c4ccc(N5CCOCC5)c(F)c4)cc23)ccc1OC1CCOCC1. The molecule has 0 unspecified atom stereocenters. The molecule has 2 aliphatic rings. The van der Waals surface area contributed by atoms with Crippen LogP contribution in [-0.4, -0.2) is 73.8 Å². The average Bonchev–Trinajstić information content (AvgIpc) is 3.40. The second-order valence-electron chi connectivity index (χ2n) is 9.50. The maximum atomic E-state index is 15.1. The van der Waals surface area contributed by atoms with E-state index in [9.17, 15) is 0 Å². The van der Waals surface area contributed by atoms with E-state index in [1.807, 2.05) is 41.3 Å². The lowest BCUT2D eigenvalue weighted by Crippen LogP contribution is -2.36. The van der Waals surface area contributed by atoms with E-state index in [-0.39, 0.29) is 11.9 Å². The van der Waals surface area contributed by atoms with Crippen LogP contribution in [0.25, 0.3) is 33.5 Å². The topological polar surface area (TPSA) is 84.9 Å². The van der Waals surface area contributed by atoms with Crippen LogP contribution in [0.1, 0.15) is 18.4 Å². The van der Waals surface area contributed by atoms with Gasteiger partial charge in [-0.1, -0.05) is 6.07 Å². The molecule has 2 aliphatic heterocycles. The number of rotatable bonds is 6. The van der Waals surface area contributed by atoms with Crippen molar-refractivity contribution in [1.29, 1.82) is 0 Å². The molecule has 0 saturated carbocycles. The molecule has 0 radical (unpaired) electrons. The van der Waals surface area contributed by atoms with Crippen LogP contribution in [-0.2, 0) is 9.47 Å². The summed E-state index contributed by atoms with van der Waals surface area (Å²) in [5.74, 6) is 0.542. The molecule has 1 N–H and O–H groups in total. The van der Waals surface area contributed by atoms with E-state index in [0.29, 0.717) is 50.9 Å². The number of nitrogens with one attached hydrogen (secondary N) is 1. The molecule has 9 heteroatoms. The van der Waals surface area contributed by atoms with Gasteiger partial charge < -0.3 is 24.1 Å². The second-order valence-corrected chi connectivity index (χ2v) is 9.50. The summed E-state index contributed by atoms with van der Waals surface area (Å²) in [6, 6.07) is 13.3. The van der Waals surface area contributed by atoms with E-state index in [0.717, 1.165) is 52.1 Å². The fraction of sp³-hybridized carbons (Fsp3) is 0.345. The molecule has 6 rings (SSSR count). The number of aliphatic imine (C=N–C) groups is 1. The predicted molar refractivity (Wildman–Crippen MR) is 146 cm³/mol. The van der Waals surface area contributed by atoms with Gasteiger partial charge in [0.15, 0.2) is 0 Å². The normalized spacial score (nSPS) is 16.9. The van der Waals surface area contributed by atoms with Crippen molar-refractivity contribution in [2.45, 2.75) is 18.9 Å². The zero-order chi connectivity index (χ0) is 25.9. The number of aromatic nitrogens is 3. The third kappa shape index (κ3) is 4.99. The molecular formula is C29H30FN5O3. The van der Waals surface area contributed by atoms with Crippen molar-refractivity contribution in [2.24, 2.45) is 4.99 Å². The monoisotopic (exact) mass is 515 g/mol. The Bertz CT molecular complexity index is 1460. The first-order valence-corrected chi connectivity index (χ1v) is 13.0. The van der Waals surface area contributed by atoms with Crippen LogP contribution >= 0.6 is 0 Å². The Hall–Kier alpha value is -3.82. The summed E-state index contributed by atoms with van der Waals surface area (Å²) in [6.07, 6.45) is 5.22. The Morgan fingerprint density at radius 2 is 1.79 bits per heavy atom. The second kappa shape index (κ2) is 10.9. The molecule has 4 heterocycles. The first-order chi connectivity index (χ1) is 18.7. The highest BCUT2D eigenvalue weighted by atomic mass is 19.1. The highest BCUT2D eigenvalue weighted by Gasteiger charge is 2.19. The fourth-order valence-corrected chi connectivity index (χ4v) is 5.08. The number of hydrogen-bond acceptors (Lipinski definition) is 7. The molecule has 8 nitrogen and oxygen atoms in total. The predicted octanol–water partition coefficient (Wildman–Crippen LogP) is 4.87. The van der Waals surface area contributed by atoms with Gasteiger partial charge in [0.2, 0.25) is 0 Å². The van der Waals surface area contributed by atoms with E-state index >= 15 is 4.39 Å². The first-order valence-electron chi connectivity index (χ1n) is 13.0. The van der Waals surface area contributed by atoms with Gasteiger partial charge >= 0.3 is 0 Å². The molecule has 2 aromatic heterocycles. The van der Waals surface area contributed by atoms with Crippen molar-refractivity contribution in [2.75, 3.05) is 51.5 Å². The van der Waals surface area contributed by atoms with Crippen molar-refractivity contribution < 1.29 is 18.6 Å². The summed E-state index contributed by atoms with van der Waals surface area (Å²) in [5.41, 5.74) is 5.42. The highest BCUT2D eigenvalue weighted by molar-refractivity contribution is 5.96. The lowest BCUT2D eigenvalue weighted by molar-refractivity contribution is 0.0255. The van der Waals surface area contributed by atoms with Gasteiger partial charge in [-0.25, -0.2) is 14.4 Å². The van der Waals surface area contributed by atoms with E-state index in [1.165, 1.54) is 0 Å². The van der Waals surface area contributed by atoms with Crippen LogP contribution in [0.15, 0.2) is 53.8 Å². The smallest absolute Gasteiger partial charge is 0.147 e. The third-order valence-corrected chi connectivity index (χ3v) is 7.05. The van der Waals surface area contributed by atoms with Gasteiger partial charge in [-0.15, -0.1) is 0 Å². The van der Waals surface area contributed by atoms with Crippen molar-refractivity contribution >= 4 is 22.9 Å². The lowest BCUT2D eigenvalue weighted by atomic mass is 10.0. The Kier molecular flexibility index (Phi) is 7.02. The van der Waals surface area contributed by atoms with Crippen molar-refractivity contribution in [3.63, 3.8) is 0 Å². The molecule has 0 spiro atoms. The van der Waals surface area contributed by atoms with E-state index in [2.05, 4.69) is 19.9 Å². The third-order valence-electron chi connectivity index (χ3n) is 7.05. The van der Waals surface area contributed by atoms with Gasteiger partial charge in [0, 0.05) is 67.0 Å². The largest absolute Gasteiger partial charge is 0.490 e. The first kappa shape index (κ1) is 24.5. The van der Waals surface area contributed by atoms with Crippen molar-refractivity contribution in [3.05, 3.63) is 60.2 Å². The number of nitrogens with zero attached hydrogens (tertiary/aromatic N) is 4. The summed E-state index contributed by atoms with van der Waals surface area (Å²) in [7, 11) is 1.75. The molecule has 2 aromatic carbocycles. The molecule has 2 saturated heterocycles. The number of aromatic amines is 1. The zero-order valence-electron chi connectivity index (χ0n) is 21.3. The molecule has 0 atom stereocenters. The minimum atomic E-state index is -0.252. The van der Waals surface area contributed by atoms with Gasteiger partial charge in [0.05, 0.1) is 37.8 Å². The van der Waals surface area contributed by atoms with Crippen molar-refractivity contribution in [3.8, 4) is 28.3 Å². The summed E-state index contributed by atoms with van der Waals surface area (Å²) in [4.78, 5) is 18.6. The highest BCUT2D eigenvalue weighted by Crippen LogP contribution is 2.34. The number of ether oxygens (including phenoxy) is 3. The van der Waals surface area contributed by atoms with Crippen LogP contribution in [0, 0.1) is 5.82 Å². The Labute approximate surface area is 220 Å². The van der Waals surface area contributed by atoms with E-state index in [4.69, 9.17) is 14.2 Å². The van der Waals surface area contributed by atoms with Crippen LogP contribution in [0.3, 0.4) is 0 Å². The summed E-state index contributed by atoms with van der Waals surface area (Å²) in [5, 5.41) is 0.859. The Morgan fingerprint density at radius 1 is 1.00 bits per heavy atom. The molecule has 2 fully saturated rings. The van der Waals surface area contributed by atoms with Gasteiger partial charge in [-0.05, 0) is 36.4 Å². The number of fused-ring (bicyclic) bond motifs is 1. The maximum absolute atomic E-state index is 15.1. The molecule has 4 aromatic rings. The zero-order valence-corrected chi connectivity index (χ0v) is 21.3. The Morgan fingerprint density at radius 3 is 2.58 bits per heavy atom. The summed E-state index contributed by atoms with van der Waals surface area (Å²) in [6.45, 7) is 4.03. The number of anilines is 1. The molecule has 0 aliphatic carbocycles. The summed E-state index contributed by atoms with van der Waals surface area (Å²) < 4.78 is 32.2. The Balaban J connectivity index is 1.32. The summed E-state index contributed by atoms with van der Waals surface area (Å²) >= 11 is 0. The van der Waals surface area contributed by atoms with Gasteiger partial charge in [0.25, 0.3) is 0 Å². The quantitative estimate of drug-likeness (QED) is 0.369. The average molecular weight is 516 g/mol. The van der Waals surface area contributed by atoms with E-state index in [1.54, 1.807) is 25.7 Å². The van der Waals surface area contributed by atoms with E-state index < -0.39 is 0 Å². The van der Waals surface area contributed by atoms with Crippen LogP contribution in [0.4, 0.5) is 10.1 Å². The molecule has 196 valence electrons. The van der Waals surface area contributed by atoms with Gasteiger partial charge in [-0.2, -0.15) is 0 Å². The number of halogens is 1.